The molecule has 5 nitrogen and oxygen atoms in total. The normalized spacial score (nSPS) is 27.9. The molecule has 0 amide bonds. The van der Waals surface area contributed by atoms with E-state index >= 15 is 0 Å². The van der Waals surface area contributed by atoms with Gasteiger partial charge >= 0.3 is 5.97 Å². The molecule has 0 saturated heterocycles. The van der Waals surface area contributed by atoms with Gasteiger partial charge in [-0.2, -0.15) is 0 Å². The quantitative estimate of drug-likeness (QED) is 0.802. The van der Waals surface area contributed by atoms with Crippen LogP contribution in [0.25, 0.3) is 0 Å². The number of rotatable bonds is 4. The molecule has 0 unspecified atom stereocenters. The fraction of sp³-hybridized carbons (Fsp3) is 0.529. The molecular formula is C17H21NO4. The highest BCUT2D eigenvalue weighted by Crippen LogP contribution is 2.25. The lowest BCUT2D eigenvalue weighted by atomic mass is 9.94. The van der Waals surface area contributed by atoms with Crippen LogP contribution in [0.15, 0.2) is 35.5 Å². The summed E-state index contributed by atoms with van der Waals surface area (Å²) in [4.78, 5) is 17.5. The Hall–Kier alpha value is -1.88. The highest BCUT2D eigenvalue weighted by atomic mass is 16.7. The number of carbonyl (C=O) groups excluding carboxylic acids is 1. The van der Waals surface area contributed by atoms with Crippen molar-refractivity contribution >= 4 is 11.7 Å². The van der Waals surface area contributed by atoms with Crippen molar-refractivity contribution in [1.82, 2.24) is 0 Å². The summed E-state index contributed by atoms with van der Waals surface area (Å²) in [7, 11) is 1.67. The van der Waals surface area contributed by atoms with Crippen molar-refractivity contribution in [3.8, 4) is 0 Å². The van der Waals surface area contributed by atoms with Gasteiger partial charge in [-0.15, -0.1) is 0 Å². The molecular weight excluding hydrogens is 282 g/mol. The standard InChI is InChI=1S/C17H21NO4/c1-20-14-9-5-6-10-15(14)21-17(19)16-11-13(18-22-16)12-7-3-2-4-8-12/h2-4,7-8,14-16H,5-6,9-11H2,1H3/t14-,15-,16+/m1/s1. The van der Waals surface area contributed by atoms with Crippen molar-refractivity contribution in [2.45, 2.75) is 50.4 Å². The maximum atomic E-state index is 12.3. The Morgan fingerprint density at radius 2 is 1.91 bits per heavy atom. The molecule has 22 heavy (non-hydrogen) atoms. The summed E-state index contributed by atoms with van der Waals surface area (Å²) in [6.45, 7) is 0. The number of benzene rings is 1. The zero-order chi connectivity index (χ0) is 15.4. The van der Waals surface area contributed by atoms with Gasteiger partial charge in [0.1, 0.15) is 6.10 Å². The molecule has 1 aromatic carbocycles. The average Bonchev–Trinajstić information content (AvgIpc) is 3.06. The van der Waals surface area contributed by atoms with Crippen molar-refractivity contribution in [2.75, 3.05) is 7.11 Å². The zero-order valence-electron chi connectivity index (χ0n) is 12.7. The second-order valence-corrected chi connectivity index (χ2v) is 5.74. The van der Waals surface area contributed by atoms with Crippen LogP contribution < -0.4 is 0 Å². The van der Waals surface area contributed by atoms with Crippen LogP contribution in [0.1, 0.15) is 37.7 Å². The van der Waals surface area contributed by atoms with E-state index < -0.39 is 6.10 Å². The first kappa shape index (κ1) is 15.0. The van der Waals surface area contributed by atoms with E-state index in [1.54, 1.807) is 7.11 Å². The minimum Gasteiger partial charge on any atom is -0.457 e. The van der Waals surface area contributed by atoms with Crippen LogP contribution in [-0.4, -0.2) is 37.1 Å². The van der Waals surface area contributed by atoms with Crippen LogP contribution in [0, 0.1) is 0 Å². The van der Waals surface area contributed by atoms with Crippen LogP contribution >= 0.6 is 0 Å². The molecule has 1 saturated carbocycles. The molecule has 1 aliphatic heterocycles. The Balaban J connectivity index is 1.56. The second-order valence-electron chi connectivity index (χ2n) is 5.74. The summed E-state index contributed by atoms with van der Waals surface area (Å²) in [5.74, 6) is -0.344. The number of nitrogens with zero attached hydrogens (tertiary/aromatic N) is 1. The first-order valence-electron chi connectivity index (χ1n) is 7.79. The lowest BCUT2D eigenvalue weighted by molar-refractivity contribution is -0.170. The van der Waals surface area contributed by atoms with E-state index in [-0.39, 0.29) is 18.2 Å². The minimum absolute atomic E-state index is 0.00591. The average molecular weight is 303 g/mol. The molecule has 1 aromatic rings. The topological polar surface area (TPSA) is 57.1 Å². The molecule has 118 valence electrons. The zero-order valence-corrected chi connectivity index (χ0v) is 12.7. The van der Waals surface area contributed by atoms with Gasteiger partial charge in [0.15, 0.2) is 0 Å². The van der Waals surface area contributed by atoms with Crippen molar-refractivity contribution in [3.63, 3.8) is 0 Å². The second kappa shape index (κ2) is 6.92. The van der Waals surface area contributed by atoms with Gasteiger partial charge in [0.25, 0.3) is 0 Å². The summed E-state index contributed by atoms with van der Waals surface area (Å²) < 4.78 is 11.0. The molecule has 3 atom stereocenters. The van der Waals surface area contributed by atoms with E-state index in [1.165, 1.54) is 0 Å². The molecule has 0 bridgehead atoms. The van der Waals surface area contributed by atoms with Gasteiger partial charge in [-0.25, -0.2) is 4.79 Å². The largest absolute Gasteiger partial charge is 0.457 e. The summed E-state index contributed by atoms with van der Waals surface area (Å²) >= 11 is 0. The molecule has 0 aromatic heterocycles. The van der Waals surface area contributed by atoms with E-state index in [4.69, 9.17) is 14.3 Å². The number of hydrogen-bond acceptors (Lipinski definition) is 5. The number of methoxy groups -OCH3 is 1. The Bertz CT molecular complexity index is 543. The summed E-state index contributed by atoms with van der Waals surface area (Å²) in [5.41, 5.74) is 1.76. The minimum atomic E-state index is -0.644. The van der Waals surface area contributed by atoms with Crippen molar-refractivity contribution in [1.29, 1.82) is 0 Å². The van der Waals surface area contributed by atoms with Crippen LogP contribution in [-0.2, 0) is 19.1 Å². The number of ether oxygens (including phenoxy) is 2. The lowest BCUT2D eigenvalue weighted by Gasteiger charge is -2.30. The van der Waals surface area contributed by atoms with Gasteiger partial charge in [0, 0.05) is 13.5 Å². The summed E-state index contributed by atoms with van der Waals surface area (Å²) in [5, 5.41) is 4.03. The Labute approximate surface area is 130 Å². The van der Waals surface area contributed by atoms with Crippen LogP contribution in [0.4, 0.5) is 0 Å². The molecule has 0 spiro atoms. The molecule has 3 rings (SSSR count). The lowest BCUT2D eigenvalue weighted by Crippen LogP contribution is -2.38. The number of oxime groups is 1. The smallest absolute Gasteiger partial charge is 0.350 e. The molecule has 2 aliphatic rings. The Kier molecular flexibility index (Phi) is 4.73. The predicted octanol–water partition coefficient (Wildman–Crippen LogP) is 2.68. The van der Waals surface area contributed by atoms with Gasteiger partial charge in [0.05, 0.1) is 11.8 Å². The maximum Gasteiger partial charge on any atom is 0.350 e. The first-order valence-corrected chi connectivity index (χ1v) is 7.79. The van der Waals surface area contributed by atoms with Crippen molar-refractivity contribution in [2.24, 2.45) is 5.16 Å². The molecule has 1 aliphatic carbocycles. The van der Waals surface area contributed by atoms with E-state index in [1.807, 2.05) is 30.3 Å². The van der Waals surface area contributed by atoms with Crippen LogP contribution in [0.5, 0.6) is 0 Å². The third-order valence-electron chi connectivity index (χ3n) is 4.25. The molecule has 5 heteroatoms. The predicted molar refractivity (Wildman–Crippen MR) is 81.6 cm³/mol. The number of hydrogen-bond donors (Lipinski definition) is 0. The van der Waals surface area contributed by atoms with Crippen LogP contribution in [0.2, 0.25) is 0 Å². The van der Waals surface area contributed by atoms with E-state index in [0.29, 0.717) is 6.42 Å². The van der Waals surface area contributed by atoms with E-state index in [9.17, 15) is 4.79 Å². The third kappa shape index (κ3) is 3.30. The Morgan fingerprint density at radius 1 is 1.18 bits per heavy atom. The highest BCUT2D eigenvalue weighted by molar-refractivity contribution is 6.03. The Morgan fingerprint density at radius 3 is 2.64 bits per heavy atom. The van der Waals surface area contributed by atoms with Gasteiger partial charge in [-0.3, -0.25) is 0 Å². The van der Waals surface area contributed by atoms with Crippen molar-refractivity contribution in [3.05, 3.63) is 35.9 Å². The summed E-state index contributed by atoms with van der Waals surface area (Å²) in [6.07, 6.45) is 3.60. The number of carbonyl (C=O) groups is 1. The van der Waals surface area contributed by atoms with Crippen molar-refractivity contribution < 1.29 is 19.1 Å². The third-order valence-corrected chi connectivity index (χ3v) is 4.25. The first-order chi connectivity index (χ1) is 10.8. The van der Waals surface area contributed by atoms with Gasteiger partial charge in [0.2, 0.25) is 6.10 Å². The van der Waals surface area contributed by atoms with E-state index in [2.05, 4.69) is 5.16 Å². The molecule has 1 heterocycles. The fourth-order valence-electron chi connectivity index (χ4n) is 3.00. The van der Waals surface area contributed by atoms with Gasteiger partial charge in [-0.05, 0) is 24.8 Å². The molecule has 1 fully saturated rings. The van der Waals surface area contributed by atoms with Gasteiger partial charge < -0.3 is 14.3 Å². The number of esters is 1. The molecule has 0 N–H and O–H groups in total. The monoisotopic (exact) mass is 303 g/mol. The SMILES string of the molecule is CO[C@@H]1CCCC[C@H]1OC(=O)[C@@H]1CC(c2ccccc2)=NO1. The van der Waals surface area contributed by atoms with E-state index in [0.717, 1.165) is 37.0 Å². The maximum absolute atomic E-state index is 12.3. The van der Waals surface area contributed by atoms with Gasteiger partial charge in [-0.1, -0.05) is 41.9 Å². The van der Waals surface area contributed by atoms with Crippen LogP contribution in [0.3, 0.4) is 0 Å². The fourth-order valence-corrected chi connectivity index (χ4v) is 3.00. The summed E-state index contributed by atoms with van der Waals surface area (Å²) in [6, 6.07) is 9.74. The molecule has 0 radical (unpaired) electrons. The highest BCUT2D eigenvalue weighted by Gasteiger charge is 2.35.